The Balaban J connectivity index is 0.000000258. The fourth-order valence-corrected chi connectivity index (χ4v) is 4.51. The molecule has 5 heteroatoms. The Morgan fingerprint density at radius 1 is 1.09 bits per heavy atom. The maximum absolute atomic E-state index is 12.3. The lowest BCUT2D eigenvalue weighted by Gasteiger charge is -2.26. The van der Waals surface area contributed by atoms with E-state index in [9.17, 15) is 9.59 Å². The summed E-state index contributed by atoms with van der Waals surface area (Å²) in [7, 11) is 1.57. The van der Waals surface area contributed by atoms with Crippen LogP contribution in [0, 0.1) is 18.8 Å². The van der Waals surface area contributed by atoms with Crippen LogP contribution in [0.2, 0.25) is 5.02 Å². The van der Waals surface area contributed by atoms with Crippen molar-refractivity contribution in [2.75, 3.05) is 12.4 Å². The molecule has 0 spiro atoms. The topological polar surface area (TPSA) is 55.4 Å². The number of carbonyl (C=O) groups is 2. The summed E-state index contributed by atoms with van der Waals surface area (Å²) in [6.07, 6.45) is 6.48. The number of ketones is 1. The number of carbonyl (C=O) groups excluding carboxylic acids is 2. The maximum Gasteiger partial charge on any atom is 0.227 e. The molecule has 1 N–H and O–H groups in total. The molecular formula is C27H36ClNO3. The molecule has 1 aliphatic carbocycles. The van der Waals surface area contributed by atoms with E-state index in [4.69, 9.17) is 16.3 Å². The third kappa shape index (κ3) is 7.09. The van der Waals surface area contributed by atoms with Gasteiger partial charge < -0.3 is 10.1 Å². The van der Waals surface area contributed by atoms with Crippen LogP contribution < -0.4 is 10.1 Å². The van der Waals surface area contributed by atoms with Crippen molar-refractivity contribution in [3.8, 4) is 5.75 Å². The highest BCUT2D eigenvalue weighted by Crippen LogP contribution is 2.32. The highest BCUT2D eigenvalue weighted by atomic mass is 35.5. The second-order valence-electron chi connectivity index (χ2n) is 8.48. The van der Waals surface area contributed by atoms with Gasteiger partial charge in [-0.25, -0.2) is 0 Å². The number of hydrogen-bond donors (Lipinski definition) is 1. The van der Waals surface area contributed by atoms with Crippen molar-refractivity contribution in [1.82, 2.24) is 0 Å². The van der Waals surface area contributed by atoms with Gasteiger partial charge in [-0.2, -0.15) is 0 Å². The van der Waals surface area contributed by atoms with Crippen LogP contribution in [-0.2, 0) is 11.2 Å². The summed E-state index contributed by atoms with van der Waals surface area (Å²) in [6, 6.07) is 11.2. The molecular weight excluding hydrogens is 422 g/mol. The monoisotopic (exact) mass is 457 g/mol. The summed E-state index contributed by atoms with van der Waals surface area (Å²) in [6.45, 7) is 7.97. The Bertz CT molecular complexity index is 917. The van der Waals surface area contributed by atoms with E-state index in [1.807, 2.05) is 25.1 Å². The molecule has 1 saturated carbocycles. The minimum absolute atomic E-state index is 0.115. The lowest BCUT2D eigenvalue weighted by molar-refractivity contribution is -0.121. The lowest BCUT2D eigenvalue weighted by Crippen LogP contribution is -2.27. The van der Waals surface area contributed by atoms with Gasteiger partial charge in [-0.3, -0.25) is 9.59 Å². The zero-order valence-corrected chi connectivity index (χ0v) is 20.7. The number of ether oxygens (including phenoxy) is 1. The Morgan fingerprint density at radius 3 is 2.31 bits per heavy atom. The molecule has 2 aromatic carbocycles. The first-order chi connectivity index (χ1) is 15.3. The van der Waals surface area contributed by atoms with Crippen LogP contribution in [0.3, 0.4) is 0 Å². The van der Waals surface area contributed by atoms with Gasteiger partial charge in [-0.1, -0.05) is 50.1 Å². The average Bonchev–Trinajstić information content (AvgIpc) is 2.80. The van der Waals surface area contributed by atoms with Crippen LogP contribution in [0.5, 0.6) is 5.75 Å². The molecule has 1 fully saturated rings. The molecule has 0 bridgehead atoms. The molecule has 0 aromatic heterocycles. The van der Waals surface area contributed by atoms with Gasteiger partial charge in [-0.05, 0) is 75.1 Å². The summed E-state index contributed by atoms with van der Waals surface area (Å²) < 4.78 is 5.16. The number of methoxy groups -OCH3 is 1. The zero-order valence-electron chi connectivity index (χ0n) is 20.0. The number of rotatable bonds is 6. The van der Waals surface area contributed by atoms with Crippen molar-refractivity contribution in [3.63, 3.8) is 0 Å². The summed E-state index contributed by atoms with van der Waals surface area (Å²) in [5.41, 5.74) is 4.02. The molecule has 2 aromatic rings. The van der Waals surface area contributed by atoms with Gasteiger partial charge >= 0.3 is 0 Å². The number of amides is 1. The Kier molecular flexibility index (Phi) is 10.2. The van der Waals surface area contributed by atoms with E-state index in [2.05, 4.69) is 19.2 Å². The van der Waals surface area contributed by atoms with E-state index in [1.54, 1.807) is 32.2 Å². The molecule has 0 atom stereocenters. The number of benzene rings is 2. The predicted octanol–water partition coefficient (Wildman–Crippen LogP) is 7.26. The second-order valence-corrected chi connectivity index (χ2v) is 8.88. The van der Waals surface area contributed by atoms with Gasteiger partial charge in [0.2, 0.25) is 5.91 Å². The number of hydrogen-bond acceptors (Lipinski definition) is 3. The van der Waals surface area contributed by atoms with Crippen molar-refractivity contribution >= 4 is 29.0 Å². The fourth-order valence-electron chi connectivity index (χ4n) is 4.32. The smallest absolute Gasteiger partial charge is 0.227 e. The second kappa shape index (κ2) is 12.6. The Labute approximate surface area is 197 Å². The largest absolute Gasteiger partial charge is 0.495 e. The summed E-state index contributed by atoms with van der Waals surface area (Å²) in [5, 5.41) is 3.52. The van der Waals surface area contributed by atoms with Crippen molar-refractivity contribution in [2.45, 2.75) is 66.2 Å². The third-order valence-electron chi connectivity index (χ3n) is 6.36. The molecule has 0 saturated heterocycles. The van der Waals surface area contributed by atoms with Crippen LogP contribution >= 0.6 is 11.6 Å². The number of halogens is 1. The van der Waals surface area contributed by atoms with Gasteiger partial charge in [0.05, 0.1) is 12.1 Å². The minimum Gasteiger partial charge on any atom is -0.495 e. The van der Waals surface area contributed by atoms with Crippen LogP contribution in [0.15, 0.2) is 36.4 Å². The molecule has 1 amide bonds. The van der Waals surface area contributed by atoms with Crippen molar-refractivity contribution in [1.29, 1.82) is 0 Å². The molecule has 32 heavy (non-hydrogen) atoms. The molecule has 0 aliphatic heterocycles. The SMILES string of the molecule is CCC1CCC(C(=O)Nc2ccc(Cl)c(OC)c2)CC1.CCc1c(C)cccc1C(C)=O. The van der Waals surface area contributed by atoms with E-state index >= 15 is 0 Å². The zero-order chi connectivity index (χ0) is 23.7. The lowest BCUT2D eigenvalue weighted by atomic mass is 9.80. The summed E-state index contributed by atoms with van der Waals surface area (Å²) in [4.78, 5) is 23.4. The van der Waals surface area contributed by atoms with Gasteiger partial charge in [-0.15, -0.1) is 0 Å². The normalized spacial score (nSPS) is 17.7. The molecule has 0 radical (unpaired) electrons. The van der Waals surface area contributed by atoms with E-state index < -0.39 is 0 Å². The van der Waals surface area contributed by atoms with E-state index in [-0.39, 0.29) is 17.6 Å². The van der Waals surface area contributed by atoms with Crippen molar-refractivity contribution in [3.05, 3.63) is 58.1 Å². The third-order valence-corrected chi connectivity index (χ3v) is 6.67. The molecule has 1 aliphatic rings. The highest BCUT2D eigenvalue weighted by Gasteiger charge is 2.25. The first kappa shape index (κ1) is 25.9. The van der Waals surface area contributed by atoms with Gasteiger partial charge in [0.25, 0.3) is 0 Å². The van der Waals surface area contributed by atoms with E-state index in [0.717, 1.165) is 36.4 Å². The Hall–Kier alpha value is -2.33. The molecule has 0 heterocycles. The molecule has 3 rings (SSSR count). The average molecular weight is 458 g/mol. The Morgan fingerprint density at radius 2 is 1.78 bits per heavy atom. The highest BCUT2D eigenvalue weighted by molar-refractivity contribution is 6.32. The van der Waals surface area contributed by atoms with Crippen LogP contribution in [-0.4, -0.2) is 18.8 Å². The molecule has 174 valence electrons. The minimum atomic E-state index is 0.115. The number of anilines is 1. The summed E-state index contributed by atoms with van der Waals surface area (Å²) in [5.74, 6) is 1.80. The fraction of sp³-hybridized carbons (Fsp3) is 0.481. The standard InChI is InChI=1S/C16H22ClNO2.C11H14O/c1-3-11-4-6-12(7-5-11)16(19)18-13-8-9-14(17)15(10-13)20-2;1-4-10-8(2)6-5-7-11(10)9(3)12/h8-12H,3-7H2,1-2H3,(H,18,19);5-7H,4H2,1-3H3. The molecule has 4 nitrogen and oxygen atoms in total. The van der Waals surface area contributed by atoms with E-state index in [0.29, 0.717) is 10.8 Å². The molecule has 0 unspecified atom stereocenters. The first-order valence-electron chi connectivity index (χ1n) is 11.5. The van der Waals surface area contributed by atoms with Crippen LogP contribution in [0.4, 0.5) is 5.69 Å². The van der Waals surface area contributed by atoms with Crippen molar-refractivity contribution < 1.29 is 14.3 Å². The maximum atomic E-state index is 12.3. The van der Waals surface area contributed by atoms with E-state index in [1.165, 1.54) is 30.4 Å². The summed E-state index contributed by atoms with van der Waals surface area (Å²) >= 11 is 5.98. The number of nitrogens with one attached hydrogen (secondary N) is 1. The van der Waals surface area contributed by atoms with Crippen LogP contribution in [0.1, 0.15) is 74.4 Å². The first-order valence-corrected chi connectivity index (χ1v) is 11.9. The number of aryl methyl sites for hydroxylation is 1. The van der Waals surface area contributed by atoms with Crippen molar-refractivity contribution in [2.24, 2.45) is 11.8 Å². The predicted molar refractivity (Wildman–Crippen MR) is 133 cm³/mol. The number of Topliss-reactive ketones (excluding diaryl/α,β-unsaturated/α-hetero) is 1. The van der Waals surface area contributed by atoms with Gasteiger partial charge in [0, 0.05) is 23.2 Å². The quantitative estimate of drug-likeness (QED) is 0.464. The van der Waals surface area contributed by atoms with Crippen LogP contribution in [0.25, 0.3) is 0 Å². The van der Waals surface area contributed by atoms with Gasteiger partial charge in [0.1, 0.15) is 5.75 Å². The van der Waals surface area contributed by atoms with Gasteiger partial charge in [0.15, 0.2) is 5.78 Å².